The number of carbonyl (C=O) groups is 1. The molecule has 0 atom stereocenters. The lowest BCUT2D eigenvalue weighted by molar-refractivity contribution is -0.402. The lowest BCUT2D eigenvalue weighted by atomic mass is 10.0. The third kappa shape index (κ3) is 5.57. The number of hydrogen-bond donors (Lipinski definition) is 0. The van der Waals surface area contributed by atoms with Crippen LogP contribution in [0.1, 0.15) is 35.9 Å². The Labute approximate surface area is 226 Å². The molecule has 2 aromatic heterocycles. The molecular weight excluding hydrogens is 549 g/mol. The number of rotatable bonds is 7. The lowest BCUT2D eigenvalue weighted by Gasteiger charge is -2.29. The van der Waals surface area contributed by atoms with Crippen LogP contribution in [0.5, 0.6) is 0 Å². The number of sulfonamides is 1. The standard InChI is InChI=1S/C25H22FN5O6S2/c1-16-10-12-29(13-11-16)39(35,36)20-6-2-17(3-7-20)24(32)30(27-15-19-5-9-23(37-19)31(33)34)25-28-21-8-4-18(26)14-22(21)38-25/h2-9,14-16H,10-13H2,1H3/b27-15+. The highest BCUT2D eigenvalue weighted by molar-refractivity contribution is 7.89. The minimum Gasteiger partial charge on any atom is -0.400 e. The molecule has 2 aromatic carbocycles. The maximum atomic E-state index is 13.7. The number of halogens is 1. The van der Waals surface area contributed by atoms with Crippen LogP contribution in [0.4, 0.5) is 15.4 Å². The zero-order valence-corrected chi connectivity index (χ0v) is 22.2. The number of anilines is 1. The number of aromatic nitrogens is 1. The summed E-state index contributed by atoms with van der Waals surface area (Å²) in [5.41, 5.74) is 0.560. The number of furan rings is 1. The van der Waals surface area contributed by atoms with Crippen LogP contribution in [-0.2, 0) is 10.0 Å². The molecule has 0 radical (unpaired) electrons. The fraction of sp³-hybridized carbons (Fsp3) is 0.240. The van der Waals surface area contributed by atoms with Gasteiger partial charge in [0, 0.05) is 18.7 Å². The number of carbonyl (C=O) groups excluding carboxylic acids is 1. The van der Waals surface area contributed by atoms with E-state index in [-0.39, 0.29) is 21.4 Å². The van der Waals surface area contributed by atoms with E-state index in [0.717, 1.165) is 41.5 Å². The number of benzene rings is 2. The molecule has 1 amide bonds. The van der Waals surface area contributed by atoms with Gasteiger partial charge in [0.25, 0.3) is 5.91 Å². The van der Waals surface area contributed by atoms with Crippen molar-refractivity contribution in [2.24, 2.45) is 11.0 Å². The van der Waals surface area contributed by atoms with Gasteiger partial charge in [-0.3, -0.25) is 14.9 Å². The molecule has 0 saturated carbocycles. The van der Waals surface area contributed by atoms with E-state index < -0.39 is 32.6 Å². The molecule has 14 heteroatoms. The van der Waals surface area contributed by atoms with E-state index in [1.165, 1.54) is 52.8 Å². The first-order valence-electron chi connectivity index (χ1n) is 11.9. The van der Waals surface area contributed by atoms with Crippen LogP contribution in [0.15, 0.2) is 69.0 Å². The summed E-state index contributed by atoms with van der Waals surface area (Å²) in [5.74, 6) is -1.13. The van der Waals surface area contributed by atoms with Crippen molar-refractivity contribution in [3.05, 3.63) is 81.9 Å². The second-order valence-corrected chi connectivity index (χ2v) is 12.0. The molecule has 0 spiro atoms. The molecule has 5 rings (SSSR count). The Hall–Kier alpha value is -4.01. The first-order chi connectivity index (χ1) is 18.6. The lowest BCUT2D eigenvalue weighted by Crippen LogP contribution is -2.37. The van der Waals surface area contributed by atoms with Crippen LogP contribution >= 0.6 is 11.3 Å². The highest BCUT2D eigenvalue weighted by atomic mass is 32.2. The zero-order chi connectivity index (χ0) is 27.7. The molecule has 0 unspecified atom stereocenters. The molecule has 0 aliphatic carbocycles. The third-order valence-corrected chi connectivity index (χ3v) is 9.19. The number of hydrogen-bond acceptors (Lipinski definition) is 9. The molecule has 3 heterocycles. The molecule has 4 aromatic rings. The van der Waals surface area contributed by atoms with Gasteiger partial charge in [0.2, 0.25) is 15.2 Å². The van der Waals surface area contributed by atoms with Crippen molar-refractivity contribution in [2.75, 3.05) is 18.1 Å². The third-order valence-electron chi connectivity index (χ3n) is 6.29. The molecular formula is C25H22FN5O6S2. The fourth-order valence-corrected chi connectivity index (χ4v) is 6.47. The van der Waals surface area contributed by atoms with Crippen LogP contribution < -0.4 is 5.01 Å². The number of fused-ring (bicyclic) bond motifs is 1. The summed E-state index contributed by atoms with van der Waals surface area (Å²) in [4.78, 5) is 28.2. The van der Waals surface area contributed by atoms with Crippen molar-refractivity contribution in [1.29, 1.82) is 0 Å². The predicted octanol–water partition coefficient (Wildman–Crippen LogP) is 5.04. The highest BCUT2D eigenvalue weighted by Crippen LogP contribution is 2.31. The van der Waals surface area contributed by atoms with Crippen LogP contribution in [0.2, 0.25) is 0 Å². The van der Waals surface area contributed by atoms with Gasteiger partial charge in [-0.15, -0.1) is 0 Å². The average Bonchev–Trinajstić information content (AvgIpc) is 3.56. The van der Waals surface area contributed by atoms with Gasteiger partial charge in [-0.25, -0.2) is 17.8 Å². The Morgan fingerprint density at radius 3 is 2.59 bits per heavy atom. The molecule has 1 fully saturated rings. The molecule has 39 heavy (non-hydrogen) atoms. The largest absolute Gasteiger partial charge is 0.433 e. The minimum atomic E-state index is -3.71. The van der Waals surface area contributed by atoms with Gasteiger partial charge in [-0.1, -0.05) is 18.3 Å². The molecule has 0 bridgehead atoms. The maximum Gasteiger partial charge on any atom is 0.433 e. The van der Waals surface area contributed by atoms with Crippen molar-refractivity contribution in [2.45, 2.75) is 24.7 Å². The zero-order valence-electron chi connectivity index (χ0n) is 20.6. The summed E-state index contributed by atoms with van der Waals surface area (Å²) >= 11 is 1.01. The summed E-state index contributed by atoms with van der Waals surface area (Å²) in [6, 6.07) is 12.0. The van der Waals surface area contributed by atoms with Gasteiger partial charge in [0.05, 0.1) is 27.4 Å². The Morgan fingerprint density at radius 2 is 1.92 bits per heavy atom. The summed E-state index contributed by atoms with van der Waals surface area (Å²) in [5, 5.41) is 16.1. The van der Waals surface area contributed by atoms with Crippen LogP contribution in [-0.4, -0.2) is 47.8 Å². The molecule has 1 saturated heterocycles. The Morgan fingerprint density at radius 1 is 1.21 bits per heavy atom. The van der Waals surface area contributed by atoms with E-state index in [9.17, 15) is 27.7 Å². The first kappa shape index (κ1) is 26.6. The summed E-state index contributed by atoms with van der Waals surface area (Å²) < 4.78 is 46.9. The van der Waals surface area contributed by atoms with Crippen molar-refractivity contribution in [1.82, 2.24) is 9.29 Å². The van der Waals surface area contributed by atoms with E-state index in [0.29, 0.717) is 29.2 Å². The van der Waals surface area contributed by atoms with Gasteiger partial charge in [0.1, 0.15) is 10.7 Å². The number of nitro groups is 1. The van der Waals surface area contributed by atoms with Crippen LogP contribution in [0, 0.1) is 21.8 Å². The van der Waals surface area contributed by atoms with Crippen molar-refractivity contribution in [3.8, 4) is 0 Å². The smallest absolute Gasteiger partial charge is 0.400 e. The molecule has 202 valence electrons. The number of amides is 1. The Kier molecular flexibility index (Phi) is 7.25. The van der Waals surface area contributed by atoms with E-state index in [1.807, 2.05) is 0 Å². The van der Waals surface area contributed by atoms with Gasteiger partial charge in [-0.2, -0.15) is 14.4 Å². The van der Waals surface area contributed by atoms with Crippen molar-refractivity contribution < 1.29 is 26.9 Å². The number of thiazole rings is 1. The quantitative estimate of drug-likeness (QED) is 0.172. The van der Waals surface area contributed by atoms with Crippen LogP contribution in [0.3, 0.4) is 0 Å². The highest BCUT2D eigenvalue weighted by Gasteiger charge is 2.29. The first-order valence-corrected chi connectivity index (χ1v) is 14.2. The predicted molar refractivity (Wildman–Crippen MR) is 143 cm³/mol. The van der Waals surface area contributed by atoms with E-state index >= 15 is 0 Å². The summed E-state index contributed by atoms with van der Waals surface area (Å²) in [6.45, 7) is 2.97. The topological polar surface area (TPSA) is 139 Å². The monoisotopic (exact) mass is 571 g/mol. The van der Waals surface area contributed by atoms with E-state index in [1.54, 1.807) is 0 Å². The molecule has 1 aliphatic rings. The average molecular weight is 572 g/mol. The van der Waals surface area contributed by atoms with Gasteiger partial charge in [-0.05, 0) is 67.3 Å². The van der Waals surface area contributed by atoms with Gasteiger partial charge < -0.3 is 4.42 Å². The minimum absolute atomic E-state index is 0.0175. The SMILES string of the molecule is CC1CCN(S(=O)(=O)c2ccc(C(=O)N(/N=C/c3ccc([N+](=O)[O-])o3)c3nc4ccc(F)cc4s3)cc2)CC1. The Balaban J connectivity index is 1.46. The van der Waals surface area contributed by atoms with E-state index in [2.05, 4.69) is 17.0 Å². The summed E-state index contributed by atoms with van der Waals surface area (Å²) in [6.07, 6.45) is 2.69. The molecule has 0 N–H and O–H groups in total. The van der Waals surface area contributed by atoms with E-state index in [4.69, 9.17) is 4.42 Å². The number of piperidine rings is 1. The van der Waals surface area contributed by atoms with Crippen LogP contribution in [0.25, 0.3) is 10.2 Å². The molecule has 11 nitrogen and oxygen atoms in total. The second-order valence-electron chi connectivity index (χ2n) is 9.01. The number of nitrogens with zero attached hydrogens (tertiary/aromatic N) is 5. The summed E-state index contributed by atoms with van der Waals surface area (Å²) in [7, 11) is -3.71. The van der Waals surface area contributed by atoms with Crippen molar-refractivity contribution in [3.63, 3.8) is 0 Å². The van der Waals surface area contributed by atoms with Gasteiger partial charge in [0.15, 0.2) is 5.76 Å². The second kappa shape index (κ2) is 10.6. The molecule has 1 aliphatic heterocycles. The Bertz CT molecular complexity index is 1670. The van der Waals surface area contributed by atoms with Crippen molar-refractivity contribution >= 4 is 54.7 Å². The number of hydrazone groups is 1. The maximum absolute atomic E-state index is 13.7. The van der Waals surface area contributed by atoms with Gasteiger partial charge >= 0.3 is 5.88 Å². The fourth-order valence-electron chi connectivity index (χ4n) is 4.06. The normalized spacial score (nSPS) is 15.2.